The molecular weight excluding hydrogens is 192 g/mol. The van der Waals surface area contributed by atoms with Crippen molar-refractivity contribution in [3.8, 4) is 5.75 Å². The summed E-state index contributed by atoms with van der Waals surface area (Å²) >= 11 is 0. The SMILES string of the molecule is CC(C)n1c(=O)c2c(O)cccc2n1C. The summed E-state index contributed by atoms with van der Waals surface area (Å²) in [7, 11) is 1.82. The van der Waals surface area contributed by atoms with E-state index < -0.39 is 0 Å². The topological polar surface area (TPSA) is 47.2 Å². The molecule has 0 aliphatic carbocycles. The predicted octanol–water partition coefficient (Wildman–Crippen LogP) is 1.63. The van der Waals surface area contributed by atoms with Gasteiger partial charge in [0.2, 0.25) is 0 Å². The molecule has 0 radical (unpaired) electrons. The number of phenols is 1. The van der Waals surface area contributed by atoms with Gasteiger partial charge in [0.1, 0.15) is 11.1 Å². The molecule has 0 spiro atoms. The molecule has 0 saturated carbocycles. The lowest BCUT2D eigenvalue weighted by Crippen LogP contribution is -2.23. The van der Waals surface area contributed by atoms with Crippen molar-refractivity contribution in [2.45, 2.75) is 19.9 Å². The van der Waals surface area contributed by atoms with Crippen molar-refractivity contribution >= 4 is 10.9 Å². The van der Waals surface area contributed by atoms with Crippen molar-refractivity contribution in [2.24, 2.45) is 7.05 Å². The van der Waals surface area contributed by atoms with Gasteiger partial charge in [-0.05, 0) is 26.0 Å². The summed E-state index contributed by atoms with van der Waals surface area (Å²) in [5.74, 6) is 0.0486. The number of nitrogens with zero attached hydrogens (tertiary/aromatic N) is 2. The number of hydrogen-bond acceptors (Lipinski definition) is 2. The molecule has 4 heteroatoms. The van der Waals surface area contributed by atoms with Crippen LogP contribution in [0.3, 0.4) is 0 Å². The molecule has 4 nitrogen and oxygen atoms in total. The minimum absolute atomic E-state index is 0.0486. The maximum atomic E-state index is 12.0. The van der Waals surface area contributed by atoms with Gasteiger partial charge in [-0.1, -0.05) is 6.07 Å². The van der Waals surface area contributed by atoms with Gasteiger partial charge in [0.25, 0.3) is 5.56 Å². The Morgan fingerprint density at radius 2 is 2.00 bits per heavy atom. The minimum atomic E-state index is -0.138. The van der Waals surface area contributed by atoms with Gasteiger partial charge in [0, 0.05) is 13.1 Å². The zero-order chi connectivity index (χ0) is 11.2. The standard InChI is InChI=1S/C11H14N2O2/c1-7(2)13-11(15)10-8(12(13)3)5-4-6-9(10)14/h4-7,14H,1-3H3. The Balaban J connectivity index is 2.99. The van der Waals surface area contributed by atoms with Gasteiger partial charge >= 0.3 is 0 Å². The summed E-state index contributed by atoms with van der Waals surface area (Å²) in [4.78, 5) is 12.0. The molecule has 2 aromatic rings. The van der Waals surface area contributed by atoms with Crippen LogP contribution < -0.4 is 5.56 Å². The van der Waals surface area contributed by atoms with Crippen molar-refractivity contribution in [1.82, 2.24) is 9.36 Å². The summed E-state index contributed by atoms with van der Waals surface area (Å²) in [6.45, 7) is 3.88. The Labute approximate surface area is 87.3 Å². The molecule has 80 valence electrons. The largest absolute Gasteiger partial charge is 0.507 e. The summed E-state index contributed by atoms with van der Waals surface area (Å²) in [5, 5.41) is 10.0. The van der Waals surface area contributed by atoms with Gasteiger partial charge in [-0.15, -0.1) is 0 Å². The van der Waals surface area contributed by atoms with E-state index in [1.807, 2.05) is 27.0 Å². The Kier molecular flexibility index (Phi) is 2.07. The first kappa shape index (κ1) is 9.83. The second kappa shape index (κ2) is 3.15. The first-order valence-electron chi connectivity index (χ1n) is 4.93. The molecular formula is C11H14N2O2. The van der Waals surface area contributed by atoms with Gasteiger partial charge in [-0.25, -0.2) is 4.68 Å². The van der Waals surface area contributed by atoms with Gasteiger partial charge in [-0.2, -0.15) is 0 Å². The number of aromatic nitrogens is 2. The van der Waals surface area contributed by atoms with Gasteiger partial charge in [-0.3, -0.25) is 9.48 Å². The lowest BCUT2D eigenvalue weighted by molar-refractivity contribution is 0.446. The van der Waals surface area contributed by atoms with Crippen LogP contribution in [0.1, 0.15) is 19.9 Å². The number of phenolic OH excluding ortho intramolecular Hbond substituents is 1. The van der Waals surface area contributed by atoms with E-state index in [4.69, 9.17) is 0 Å². The summed E-state index contributed by atoms with van der Waals surface area (Å²) < 4.78 is 3.41. The molecule has 1 aromatic heterocycles. The molecule has 1 heterocycles. The van der Waals surface area contributed by atoms with E-state index in [2.05, 4.69) is 0 Å². The van der Waals surface area contributed by atoms with Gasteiger partial charge in [0.05, 0.1) is 5.52 Å². The lowest BCUT2D eigenvalue weighted by atomic mass is 10.2. The van der Waals surface area contributed by atoms with Gasteiger partial charge < -0.3 is 5.11 Å². The van der Waals surface area contributed by atoms with Crippen molar-refractivity contribution in [2.75, 3.05) is 0 Å². The van der Waals surface area contributed by atoms with Crippen LogP contribution in [0.5, 0.6) is 5.75 Å². The van der Waals surface area contributed by atoms with Crippen LogP contribution in [0.15, 0.2) is 23.0 Å². The van der Waals surface area contributed by atoms with E-state index in [1.165, 1.54) is 6.07 Å². The van der Waals surface area contributed by atoms with Crippen LogP contribution in [0.25, 0.3) is 10.9 Å². The van der Waals surface area contributed by atoms with E-state index in [9.17, 15) is 9.90 Å². The molecule has 15 heavy (non-hydrogen) atoms. The van der Waals surface area contributed by atoms with E-state index in [0.29, 0.717) is 5.39 Å². The third-order valence-electron chi connectivity index (χ3n) is 2.60. The highest BCUT2D eigenvalue weighted by Gasteiger charge is 2.15. The maximum Gasteiger partial charge on any atom is 0.278 e. The predicted molar refractivity (Wildman–Crippen MR) is 59.2 cm³/mol. The zero-order valence-electron chi connectivity index (χ0n) is 9.06. The van der Waals surface area contributed by atoms with E-state index in [-0.39, 0.29) is 17.4 Å². The number of aryl methyl sites for hydroxylation is 1. The fourth-order valence-electron chi connectivity index (χ4n) is 1.96. The van der Waals surface area contributed by atoms with E-state index >= 15 is 0 Å². The monoisotopic (exact) mass is 206 g/mol. The first-order valence-corrected chi connectivity index (χ1v) is 4.93. The summed E-state index contributed by atoms with van der Waals surface area (Å²) in [6, 6.07) is 5.18. The highest BCUT2D eigenvalue weighted by atomic mass is 16.3. The molecule has 0 aliphatic heterocycles. The summed E-state index contributed by atoms with van der Waals surface area (Å²) in [6.07, 6.45) is 0. The normalized spacial score (nSPS) is 11.5. The Bertz CT molecular complexity index is 564. The molecule has 0 unspecified atom stereocenters. The fourth-order valence-corrected chi connectivity index (χ4v) is 1.96. The minimum Gasteiger partial charge on any atom is -0.507 e. The second-order valence-electron chi connectivity index (χ2n) is 3.94. The molecule has 2 rings (SSSR count). The van der Waals surface area contributed by atoms with Crippen molar-refractivity contribution in [3.05, 3.63) is 28.6 Å². The van der Waals surface area contributed by atoms with E-state index in [0.717, 1.165) is 5.52 Å². The summed E-state index contributed by atoms with van der Waals surface area (Å²) in [5.41, 5.74) is 0.620. The second-order valence-corrected chi connectivity index (χ2v) is 3.94. The average molecular weight is 206 g/mol. The van der Waals surface area contributed by atoms with Crippen molar-refractivity contribution in [3.63, 3.8) is 0 Å². The van der Waals surface area contributed by atoms with Crippen LogP contribution in [0.2, 0.25) is 0 Å². The Morgan fingerprint density at radius 1 is 1.33 bits per heavy atom. The smallest absolute Gasteiger partial charge is 0.278 e. The molecule has 0 fully saturated rings. The number of benzene rings is 1. The zero-order valence-corrected chi connectivity index (χ0v) is 9.06. The van der Waals surface area contributed by atoms with Crippen LogP contribution in [0.4, 0.5) is 0 Å². The Morgan fingerprint density at radius 3 is 2.53 bits per heavy atom. The molecule has 0 aliphatic rings. The third-order valence-corrected chi connectivity index (χ3v) is 2.60. The quantitative estimate of drug-likeness (QED) is 0.770. The maximum absolute atomic E-state index is 12.0. The van der Waals surface area contributed by atoms with Crippen LogP contribution in [-0.4, -0.2) is 14.5 Å². The molecule has 0 bridgehead atoms. The molecule has 0 saturated heterocycles. The van der Waals surface area contributed by atoms with Crippen molar-refractivity contribution in [1.29, 1.82) is 0 Å². The number of rotatable bonds is 1. The molecule has 0 atom stereocenters. The number of hydrogen-bond donors (Lipinski definition) is 1. The number of aromatic hydroxyl groups is 1. The Hall–Kier alpha value is -1.71. The molecule has 1 aromatic carbocycles. The highest BCUT2D eigenvalue weighted by Crippen LogP contribution is 2.21. The average Bonchev–Trinajstić information content (AvgIpc) is 2.40. The molecule has 1 N–H and O–H groups in total. The van der Waals surface area contributed by atoms with Crippen LogP contribution >= 0.6 is 0 Å². The number of fused-ring (bicyclic) bond motifs is 1. The van der Waals surface area contributed by atoms with Crippen LogP contribution in [0, 0.1) is 0 Å². The van der Waals surface area contributed by atoms with Gasteiger partial charge in [0.15, 0.2) is 0 Å². The van der Waals surface area contributed by atoms with Crippen molar-refractivity contribution < 1.29 is 5.11 Å². The van der Waals surface area contributed by atoms with Crippen LogP contribution in [-0.2, 0) is 7.05 Å². The third kappa shape index (κ3) is 1.25. The molecule has 0 amide bonds. The fraction of sp³-hybridized carbons (Fsp3) is 0.364. The van der Waals surface area contributed by atoms with E-state index in [1.54, 1.807) is 15.4 Å². The lowest BCUT2D eigenvalue weighted by Gasteiger charge is -2.10. The highest BCUT2D eigenvalue weighted by molar-refractivity contribution is 5.84. The first-order chi connectivity index (χ1) is 7.04.